The first-order valence-electron chi connectivity index (χ1n) is 7.03. The lowest BCUT2D eigenvalue weighted by molar-refractivity contribution is 0.437. The van der Waals surface area contributed by atoms with Gasteiger partial charge in [0.1, 0.15) is 11.4 Å². The van der Waals surface area contributed by atoms with Gasteiger partial charge in [0, 0.05) is 18.6 Å². The largest absolute Gasteiger partial charge is 0.437 e. The van der Waals surface area contributed by atoms with E-state index in [1.54, 1.807) is 10.9 Å². The Kier molecular flexibility index (Phi) is 3.48. The summed E-state index contributed by atoms with van der Waals surface area (Å²) in [5.74, 6) is 1.31. The first-order valence-corrected chi connectivity index (χ1v) is 7.03. The highest BCUT2D eigenvalue weighted by Crippen LogP contribution is 2.33. The van der Waals surface area contributed by atoms with Crippen molar-refractivity contribution in [1.29, 1.82) is 0 Å². The van der Waals surface area contributed by atoms with Crippen molar-refractivity contribution in [2.75, 3.05) is 5.73 Å². The van der Waals surface area contributed by atoms with E-state index in [2.05, 4.69) is 17.0 Å². The van der Waals surface area contributed by atoms with Crippen LogP contribution in [-0.4, -0.2) is 14.8 Å². The summed E-state index contributed by atoms with van der Waals surface area (Å²) in [5.41, 5.74) is 8.55. The molecular formula is C16H18N4O. The molecule has 108 valence electrons. The van der Waals surface area contributed by atoms with Gasteiger partial charge in [-0.3, -0.25) is 4.98 Å². The lowest BCUT2D eigenvalue weighted by Crippen LogP contribution is -1.97. The highest BCUT2D eigenvalue weighted by Gasteiger charge is 2.15. The van der Waals surface area contributed by atoms with Crippen LogP contribution < -0.4 is 10.5 Å². The number of nitrogen functional groups attached to an aromatic ring is 1. The summed E-state index contributed by atoms with van der Waals surface area (Å²) in [6.07, 6.45) is 3.61. The minimum Gasteiger partial charge on any atom is -0.437 e. The summed E-state index contributed by atoms with van der Waals surface area (Å²) in [4.78, 5) is 4.33. The van der Waals surface area contributed by atoms with Crippen LogP contribution >= 0.6 is 0 Å². The topological polar surface area (TPSA) is 66.0 Å². The lowest BCUT2D eigenvalue weighted by atomic mass is 10.2. The molecule has 3 aromatic rings. The Morgan fingerprint density at radius 3 is 2.90 bits per heavy atom. The summed E-state index contributed by atoms with van der Waals surface area (Å²) < 4.78 is 7.71. The minimum absolute atomic E-state index is 0.579. The molecule has 0 fully saturated rings. The molecule has 2 N–H and O–H groups in total. The number of nitrogens with zero attached hydrogens (tertiary/aromatic N) is 3. The second-order valence-corrected chi connectivity index (χ2v) is 4.97. The van der Waals surface area contributed by atoms with Crippen molar-refractivity contribution in [1.82, 2.24) is 14.8 Å². The number of pyridine rings is 1. The standard InChI is InChI=1S/C16H18N4O/c1-3-6-13-15(17)16(20(2)19-13)21-14-9-4-8-12-11(14)7-5-10-18-12/h4-5,7-10H,3,6,17H2,1-2H3. The first kappa shape index (κ1) is 13.4. The first-order chi connectivity index (χ1) is 10.2. The summed E-state index contributed by atoms with van der Waals surface area (Å²) in [5, 5.41) is 5.38. The van der Waals surface area contributed by atoms with Crippen LogP contribution in [0.1, 0.15) is 19.0 Å². The number of aromatic nitrogens is 3. The summed E-state index contributed by atoms with van der Waals surface area (Å²) in [6, 6.07) is 9.67. The van der Waals surface area contributed by atoms with Gasteiger partial charge < -0.3 is 10.5 Å². The van der Waals surface area contributed by atoms with Gasteiger partial charge in [-0.05, 0) is 30.7 Å². The molecule has 21 heavy (non-hydrogen) atoms. The molecular weight excluding hydrogens is 264 g/mol. The molecule has 0 unspecified atom stereocenters. The number of anilines is 1. The highest BCUT2D eigenvalue weighted by molar-refractivity contribution is 5.85. The number of hydrogen-bond acceptors (Lipinski definition) is 4. The number of nitrogens with two attached hydrogens (primary N) is 1. The Bertz CT molecular complexity index is 774. The summed E-state index contributed by atoms with van der Waals surface area (Å²) in [7, 11) is 1.84. The Labute approximate surface area is 123 Å². The van der Waals surface area contributed by atoms with E-state index >= 15 is 0 Å². The van der Waals surface area contributed by atoms with Gasteiger partial charge in [-0.1, -0.05) is 19.4 Å². The Balaban J connectivity index is 2.03. The van der Waals surface area contributed by atoms with Crippen molar-refractivity contribution in [2.45, 2.75) is 19.8 Å². The van der Waals surface area contributed by atoms with Gasteiger partial charge in [-0.2, -0.15) is 5.10 Å². The van der Waals surface area contributed by atoms with Crippen molar-refractivity contribution in [3.63, 3.8) is 0 Å². The molecule has 2 heterocycles. The molecule has 0 amide bonds. The number of benzene rings is 1. The molecule has 0 radical (unpaired) electrons. The van der Waals surface area contributed by atoms with E-state index in [1.165, 1.54) is 0 Å². The van der Waals surface area contributed by atoms with Crippen molar-refractivity contribution in [3.05, 3.63) is 42.2 Å². The Morgan fingerprint density at radius 1 is 1.24 bits per heavy atom. The average molecular weight is 282 g/mol. The zero-order valence-electron chi connectivity index (χ0n) is 12.2. The summed E-state index contributed by atoms with van der Waals surface area (Å²) >= 11 is 0. The maximum absolute atomic E-state index is 6.16. The molecule has 0 bridgehead atoms. The van der Waals surface area contributed by atoms with Crippen LogP contribution in [0.4, 0.5) is 5.69 Å². The molecule has 0 atom stereocenters. The third-order valence-electron chi connectivity index (χ3n) is 3.41. The molecule has 3 rings (SSSR count). The molecule has 5 nitrogen and oxygen atoms in total. The molecule has 0 saturated carbocycles. The Morgan fingerprint density at radius 2 is 2.10 bits per heavy atom. The SMILES string of the molecule is CCCc1nn(C)c(Oc2cccc3ncccc23)c1N. The monoisotopic (exact) mass is 282 g/mol. The van der Waals surface area contributed by atoms with E-state index in [0.717, 1.165) is 35.2 Å². The Hall–Kier alpha value is -2.56. The number of fused-ring (bicyclic) bond motifs is 1. The molecule has 0 aliphatic heterocycles. The van der Waals surface area contributed by atoms with Crippen LogP contribution in [-0.2, 0) is 13.5 Å². The smallest absolute Gasteiger partial charge is 0.241 e. The van der Waals surface area contributed by atoms with Gasteiger partial charge in [0.05, 0.1) is 11.2 Å². The van der Waals surface area contributed by atoms with E-state index in [4.69, 9.17) is 10.5 Å². The van der Waals surface area contributed by atoms with Gasteiger partial charge in [0.25, 0.3) is 0 Å². The predicted molar refractivity (Wildman–Crippen MR) is 83.4 cm³/mol. The second kappa shape index (κ2) is 5.44. The van der Waals surface area contributed by atoms with E-state index in [0.29, 0.717) is 11.6 Å². The number of ether oxygens (including phenoxy) is 1. The van der Waals surface area contributed by atoms with Gasteiger partial charge >= 0.3 is 0 Å². The van der Waals surface area contributed by atoms with Gasteiger partial charge in [0.15, 0.2) is 0 Å². The fraction of sp³-hybridized carbons (Fsp3) is 0.250. The molecule has 1 aromatic carbocycles. The zero-order valence-corrected chi connectivity index (χ0v) is 12.2. The normalized spacial score (nSPS) is 11.0. The fourth-order valence-corrected chi connectivity index (χ4v) is 2.39. The van der Waals surface area contributed by atoms with Crippen LogP contribution in [0.5, 0.6) is 11.6 Å². The van der Waals surface area contributed by atoms with Gasteiger partial charge in [-0.15, -0.1) is 0 Å². The molecule has 0 aliphatic rings. The van der Waals surface area contributed by atoms with Crippen LogP contribution in [0.3, 0.4) is 0 Å². The maximum Gasteiger partial charge on any atom is 0.241 e. The van der Waals surface area contributed by atoms with Crippen molar-refractivity contribution in [3.8, 4) is 11.6 Å². The molecule has 0 saturated heterocycles. The third kappa shape index (κ3) is 2.42. The van der Waals surface area contributed by atoms with Crippen molar-refractivity contribution < 1.29 is 4.74 Å². The van der Waals surface area contributed by atoms with Crippen LogP contribution in [0.15, 0.2) is 36.5 Å². The summed E-state index contributed by atoms with van der Waals surface area (Å²) in [6.45, 7) is 2.10. The van der Waals surface area contributed by atoms with Crippen LogP contribution in [0.2, 0.25) is 0 Å². The van der Waals surface area contributed by atoms with E-state index in [1.807, 2.05) is 37.4 Å². The predicted octanol–water partition coefficient (Wildman–Crippen LogP) is 3.30. The van der Waals surface area contributed by atoms with E-state index < -0.39 is 0 Å². The highest BCUT2D eigenvalue weighted by atomic mass is 16.5. The number of hydrogen-bond donors (Lipinski definition) is 1. The van der Waals surface area contributed by atoms with Crippen LogP contribution in [0.25, 0.3) is 10.9 Å². The fourth-order valence-electron chi connectivity index (χ4n) is 2.39. The van der Waals surface area contributed by atoms with E-state index in [-0.39, 0.29) is 0 Å². The number of aryl methyl sites for hydroxylation is 2. The molecule has 2 aromatic heterocycles. The lowest BCUT2D eigenvalue weighted by Gasteiger charge is -2.09. The number of rotatable bonds is 4. The van der Waals surface area contributed by atoms with Gasteiger partial charge in [0.2, 0.25) is 5.88 Å². The van der Waals surface area contributed by atoms with E-state index in [9.17, 15) is 0 Å². The molecule has 5 heteroatoms. The zero-order chi connectivity index (χ0) is 14.8. The van der Waals surface area contributed by atoms with Crippen molar-refractivity contribution in [2.24, 2.45) is 7.05 Å². The van der Waals surface area contributed by atoms with Gasteiger partial charge in [-0.25, -0.2) is 4.68 Å². The second-order valence-electron chi connectivity index (χ2n) is 4.97. The van der Waals surface area contributed by atoms with Crippen LogP contribution in [0, 0.1) is 0 Å². The minimum atomic E-state index is 0.579. The molecule has 0 aliphatic carbocycles. The van der Waals surface area contributed by atoms with Crippen molar-refractivity contribution >= 4 is 16.6 Å². The third-order valence-corrected chi connectivity index (χ3v) is 3.41. The maximum atomic E-state index is 6.16. The quantitative estimate of drug-likeness (QED) is 0.797. The average Bonchev–Trinajstić information content (AvgIpc) is 2.76. The molecule has 0 spiro atoms.